The second kappa shape index (κ2) is 8.35. The smallest absolute Gasteiger partial charge is 0.285 e. The van der Waals surface area contributed by atoms with Gasteiger partial charge in [-0.05, 0) is 53.2 Å². The number of sulfonamides is 1. The highest BCUT2D eigenvalue weighted by atomic mass is 79.9. The van der Waals surface area contributed by atoms with E-state index in [1.165, 1.54) is 25.4 Å². The fourth-order valence-corrected chi connectivity index (χ4v) is 5.02. The number of halogens is 3. The normalized spacial score (nSPS) is 11.3. The number of nitrogens with one attached hydrogen (secondary N) is 1. The number of nitrogens with zero attached hydrogens (tertiary/aromatic N) is 2. The maximum absolute atomic E-state index is 12.7. The van der Waals surface area contributed by atoms with Gasteiger partial charge in [0, 0.05) is 32.5 Å². The molecule has 3 rings (SSSR count). The van der Waals surface area contributed by atoms with Gasteiger partial charge in [-0.15, -0.1) is 0 Å². The van der Waals surface area contributed by atoms with E-state index in [0.29, 0.717) is 27.3 Å². The maximum Gasteiger partial charge on any atom is 0.285 e. The zero-order valence-corrected chi connectivity index (χ0v) is 19.0. The summed E-state index contributed by atoms with van der Waals surface area (Å²) < 4.78 is 34.3. The molecule has 152 valence electrons. The van der Waals surface area contributed by atoms with Crippen LogP contribution in [0.3, 0.4) is 0 Å². The monoisotopic (exact) mass is 517 g/mol. The molecule has 1 aromatic heterocycles. The molecule has 3 aromatic rings. The molecule has 11 heteroatoms. The van der Waals surface area contributed by atoms with Gasteiger partial charge in [-0.25, -0.2) is 18.1 Å². The molecule has 2 aromatic carbocycles. The van der Waals surface area contributed by atoms with Crippen molar-refractivity contribution in [1.29, 1.82) is 0 Å². The van der Waals surface area contributed by atoms with Gasteiger partial charge < -0.3 is 9.30 Å². The van der Waals surface area contributed by atoms with Crippen LogP contribution in [-0.4, -0.2) is 31.0 Å². The number of methoxy groups -OCH3 is 1. The Morgan fingerprint density at radius 3 is 2.45 bits per heavy atom. The highest BCUT2D eigenvalue weighted by Crippen LogP contribution is 2.27. The van der Waals surface area contributed by atoms with Crippen LogP contribution in [-0.2, 0) is 10.0 Å². The Morgan fingerprint density at radius 2 is 1.83 bits per heavy atom. The summed E-state index contributed by atoms with van der Waals surface area (Å²) in [5, 5.41) is 0.828. The maximum atomic E-state index is 12.7. The molecular formula is C18H14BrCl2N3O4S. The average molecular weight is 519 g/mol. The van der Waals surface area contributed by atoms with Gasteiger partial charge in [0.1, 0.15) is 22.2 Å². The average Bonchev–Trinajstić information content (AvgIpc) is 3.03. The van der Waals surface area contributed by atoms with Gasteiger partial charge in [0.25, 0.3) is 15.9 Å². The van der Waals surface area contributed by atoms with Gasteiger partial charge in [-0.1, -0.05) is 23.2 Å². The van der Waals surface area contributed by atoms with Crippen molar-refractivity contribution in [2.75, 3.05) is 7.11 Å². The molecule has 1 heterocycles. The summed E-state index contributed by atoms with van der Waals surface area (Å²) in [6, 6.07) is 9.27. The Morgan fingerprint density at radius 1 is 1.17 bits per heavy atom. The van der Waals surface area contributed by atoms with Crippen LogP contribution in [0.4, 0.5) is 0 Å². The third-order valence-corrected chi connectivity index (χ3v) is 6.66. The van der Waals surface area contributed by atoms with E-state index in [1.54, 1.807) is 35.8 Å². The van der Waals surface area contributed by atoms with Crippen molar-refractivity contribution in [1.82, 2.24) is 14.3 Å². The lowest BCUT2D eigenvalue weighted by molar-refractivity contribution is 0.0977. The first-order valence-corrected chi connectivity index (χ1v) is 11.1. The van der Waals surface area contributed by atoms with Crippen molar-refractivity contribution < 1.29 is 17.9 Å². The lowest BCUT2D eigenvalue weighted by atomic mass is 10.3. The van der Waals surface area contributed by atoms with Crippen molar-refractivity contribution in [2.24, 2.45) is 0 Å². The number of benzene rings is 2. The molecule has 0 saturated carbocycles. The molecule has 1 N–H and O–H groups in total. The number of rotatable bonds is 5. The minimum Gasteiger partial charge on any atom is -0.497 e. The van der Waals surface area contributed by atoms with E-state index < -0.39 is 15.9 Å². The first-order chi connectivity index (χ1) is 13.6. The molecule has 0 unspecified atom stereocenters. The second-order valence-corrected chi connectivity index (χ2v) is 9.28. The largest absolute Gasteiger partial charge is 0.497 e. The quantitative estimate of drug-likeness (QED) is 0.541. The minimum atomic E-state index is -4.17. The van der Waals surface area contributed by atoms with E-state index in [4.69, 9.17) is 27.9 Å². The predicted octanol–water partition coefficient (Wildman–Crippen LogP) is 4.38. The van der Waals surface area contributed by atoms with Crippen LogP contribution in [0.2, 0.25) is 10.0 Å². The summed E-state index contributed by atoms with van der Waals surface area (Å²) in [4.78, 5) is 16.6. The fourth-order valence-electron chi connectivity index (χ4n) is 2.57. The van der Waals surface area contributed by atoms with E-state index in [9.17, 15) is 13.2 Å². The van der Waals surface area contributed by atoms with E-state index in [-0.39, 0.29) is 15.1 Å². The Hall–Kier alpha value is -2.07. The van der Waals surface area contributed by atoms with Crippen molar-refractivity contribution in [3.05, 3.63) is 68.6 Å². The van der Waals surface area contributed by atoms with Gasteiger partial charge in [0.15, 0.2) is 0 Å². The third-order valence-electron chi connectivity index (χ3n) is 3.90. The van der Waals surface area contributed by atoms with Crippen LogP contribution in [0.15, 0.2) is 52.0 Å². The topological polar surface area (TPSA) is 90.3 Å². The molecule has 0 radical (unpaired) electrons. The first kappa shape index (κ1) is 21.6. The number of hydrogen-bond acceptors (Lipinski definition) is 5. The summed E-state index contributed by atoms with van der Waals surface area (Å²) >= 11 is 15.2. The van der Waals surface area contributed by atoms with Crippen LogP contribution in [0.25, 0.3) is 5.69 Å². The molecule has 0 aliphatic carbocycles. The molecular weight excluding hydrogens is 505 g/mol. The Bertz CT molecular complexity index is 1190. The van der Waals surface area contributed by atoms with Gasteiger partial charge in [0.05, 0.1) is 7.11 Å². The van der Waals surface area contributed by atoms with Gasteiger partial charge in [-0.2, -0.15) is 0 Å². The number of amides is 1. The second-order valence-electron chi connectivity index (χ2n) is 5.90. The summed E-state index contributed by atoms with van der Waals surface area (Å²) in [5.74, 6) is -0.0953. The van der Waals surface area contributed by atoms with Crippen LogP contribution >= 0.6 is 39.1 Å². The lowest BCUT2D eigenvalue weighted by Gasteiger charge is -2.09. The van der Waals surface area contributed by atoms with E-state index in [1.807, 2.05) is 4.72 Å². The summed E-state index contributed by atoms with van der Waals surface area (Å²) in [6.45, 7) is 1.67. The van der Waals surface area contributed by atoms with Gasteiger partial charge in [0.2, 0.25) is 0 Å². The lowest BCUT2D eigenvalue weighted by Crippen LogP contribution is -2.31. The minimum absolute atomic E-state index is 0.0822. The molecule has 29 heavy (non-hydrogen) atoms. The number of aryl methyl sites for hydroxylation is 1. The highest BCUT2D eigenvalue weighted by molar-refractivity contribution is 9.10. The van der Waals surface area contributed by atoms with Crippen LogP contribution in [0.1, 0.15) is 16.3 Å². The van der Waals surface area contributed by atoms with E-state index >= 15 is 0 Å². The molecule has 1 amide bonds. The SMILES string of the molecule is COc1ccc(Br)c(S(=O)(=O)NC(=O)c2cn(-c3cc(Cl)cc(Cl)c3)c(C)n2)c1. The van der Waals surface area contributed by atoms with Crippen molar-refractivity contribution in [2.45, 2.75) is 11.8 Å². The molecule has 0 fully saturated rings. The number of aromatic nitrogens is 2. The molecule has 0 aliphatic rings. The third kappa shape index (κ3) is 4.75. The number of carbonyl (C=O) groups is 1. The number of ether oxygens (including phenoxy) is 1. The molecule has 0 aliphatic heterocycles. The molecule has 7 nitrogen and oxygen atoms in total. The van der Waals surface area contributed by atoms with Crippen molar-refractivity contribution in [3.63, 3.8) is 0 Å². The summed E-state index contributed by atoms with van der Waals surface area (Å²) in [5.41, 5.74) is 0.506. The van der Waals surface area contributed by atoms with Crippen molar-refractivity contribution in [3.8, 4) is 11.4 Å². The fraction of sp³-hybridized carbons (Fsp3) is 0.111. The Balaban J connectivity index is 1.92. The van der Waals surface area contributed by atoms with E-state index in [2.05, 4.69) is 20.9 Å². The van der Waals surface area contributed by atoms with Crippen LogP contribution < -0.4 is 9.46 Å². The number of hydrogen-bond donors (Lipinski definition) is 1. The van der Waals surface area contributed by atoms with Gasteiger partial charge in [-0.3, -0.25) is 4.79 Å². The first-order valence-electron chi connectivity index (χ1n) is 8.04. The molecule has 0 saturated heterocycles. The van der Waals surface area contributed by atoms with Crippen LogP contribution in [0.5, 0.6) is 5.75 Å². The number of imidazole rings is 1. The zero-order valence-electron chi connectivity index (χ0n) is 15.1. The van der Waals surface area contributed by atoms with Crippen molar-refractivity contribution >= 4 is 55.1 Å². The predicted molar refractivity (Wildman–Crippen MR) is 114 cm³/mol. The molecule has 0 spiro atoms. The van der Waals surface area contributed by atoms with Gasteiger partial charge >= 0.3 is 0 Å². The Labute approximate surface area is 185 Å². The summed E-state index contributed by atoms with van der Waals surface area (Å²) in [7, 11) is -2.76. The van der Waals surface area contributed by atoms with E-state index in [0.717, 1.165) is 0 Å². The molecule has 0 bridgehead atoms. The molecule has 0 atom stereocenters. The summed E-state index contributed by atoms with van der Waals surface area (Å²) in [6.07, 6.45) is 1.41. The van der Waals surface area contributed by atoms with Crippen LogP contribution in [0, 0.1) is 6.92 Å². The highest BCUT2D eigenvalue weighted by Gasteiger charge is 2.24. The zero-order chi connectivity index (χ0) is 21.3. The standard InChI is InChI=1S/C18H14BrCl2N3O4S/c1-10-22-16(9-24(10)13-6-11(20)5-12(21)7-13)18(25)23-29(26,27)17-8-14(28-2)3-4-15(17)19/h3-9H,1-2H3,(H,23,25). The Kier molecular flexibility index (Phi) is 6.23. The number of carbonyl (C=O) groups excluding carboxylic acids is 1.